The average molecular weight is 256 g/mol. The second kappa shape index (κ2) is 4.82. The summed E-state index contributed by atoms with van der Waals surface area (Å²) in [5, 5.41) is 3.49. The van der Waals surface area contributed by atoms with Crippen molar-refractivity contribution in [1.29, 1.82) is 0 Å². The van der Waals surface area contributed by atoms with Gasteiger partial charge < -0.3 is 5.32 Å². The molecule has 100 valence electrons. The van der Waals surface area contributed by atoms with E-state index in [1.807, 2.05) is 0 Å². The summed E-state index contributed by atoms with van der Waals surface area (Å²) in [7, 11) is -0.599. The molecule has 2 fully saturated rings. The summed E-state index contributed by atoms with van der Waals surface area (Å²) in [4.78, 5) is 0. The predicted molar refractivity (Wildman–Crippen MR) is 80.6 cm³/mol. The minimum atomic E-state index is -0.599. The molecule has 2 aliphatic rings. The van der Waals surface area contributed by atoms with Crippen LogP contribution in [0.1, 0.15) is 40.5 Å². The Hall–Kier alpha value is 0.390. The molecule has 0 aromatic rings. The molecule has 3 atom stereocenters. The summed E-state index contributed by atoms with van der Waals surface area (Å²) in [5.41, 5.74) is 1.63. The van der Waals surface area contributed by atoms with Gasteiger partial charge in [0.15, 0.2) is 0 Å². The Kier molecular flexibility index (Phi) is 3.91. The summed E-state index contributed by atoms with van der Waals surface area (Å²) < 4.78 is 0. The molecule has 2 heterocycles. The zero-order chi connectivity index (χ0) is 12.7. The van der Waals surface area contributed by atoms with E-state index in [2.05, 4.69) is 39.7 Å². The number of hydrogen-bond acceptors (Lipinski definition) is 1. The molecule has 0 aliphatic carbocycles. The van der Waals surface area contributed by atoms with Gasteiger partial charge in [-0.15, -0.1) is 0 Å². The zero-order valence-electron chi connectivity index (χ0n) is 12.4. The van der Waals surface area contributed by atoms with Crippen molar-refractivity contribution in [3.05, 3.63) is 0 Å². The zero-order valence-corrected chi connectivity index (χ0v) is 13.3. The molecule has 0 aromatic carbocycles. The molecule has 2 rings (SSSR count). The number of piperidine rings is 1. The Morgan fingerprint density at radius 3 is 2.35 bits per heavy atom. The molecular weight excluding hydrogens is 225 g/mol. The fourth-order valence-electron chi connectivity index (χ4n) is 4.37. The fraction of sp³-hybridized carbons (Fsp3) is 1.00. The molecule has 0 amide bonds. The molecule has 0 spiro atoms. The van der Waals surface area contributed by atoms with Gasteiger partial charge in [0.1, 0.15) is 0 Å². The summed E-state index contributed by atoms with van der Waals surface area (Å²) in [6.07, 6.45) is 5.93. The molecule has 2 saturated heterocycles. The lowest BCUT2D eigenvalue weighted by atomic mass is 9.87. The van der Waals surface area contributed by atoms with Crippen LogP contribution in [0.3, 0.4) is 0 Å². The molecule has 1 N–H and O–H groups in total. The maximum absolute atomic E-state index is 3.49. The first kappa shape index (κ1) is 13.8. The van der Waals surface area contributed by atoms with Gasteiger partial charge in [-0.1, -0.05) is 20.8 Å². The number of nitrogens with one attached hydrogen (secondary N) is 1. The molecular formula is C15H31NP+. The van der Waals surface area contributed by atoms with Crippen LogP contribution in [0.2, 0.25) is 0 Å². The third kappa shape index (κ3) is 2.71. The van der Waals surface area contributed by atoms with Gasteiger partial charge in [0, 0.05) is 19.3 Å². The van der Waals surface area contributed by atoms with Gasteiger partial charge in [0.25, 0.3) is 0 Å². The van der Waals surface area contributed by atoms with Crippen LogP contribution in [-0.4, -0.2) is 37.7 Å². The minimum Gasteiger partial charge on any atom is -0.317 e. The first-order valence-electron chi connectivity index (χ1n) is 7.40. The quantitative estimate of drug-likeness (QED) is 0.759. The lowest BCUT2D eigenvalue weighted by Crippen LogP contribution is -2.47. The molecule has 0 aromatic heterocycles. The topological polar surface area (TPSA) is 12.0 Å². The Bertz CT molecular complexity index is 270. The van der Waals surface area contributed by atoms with Crippen molar-refractivity contribution >= 4 is 7.26 Å². The first-order chi connectivity index (χ1) is 7.85. The van der Waals surface area contributed by atoms with Crippen LogP contribution in [-0.2, 0) is 0 Å². The highest BCUT2D eigenvalue weighted by molar-refractivity contribution is 7.77. The average Bonchev–Trinajstić information content (AvgIpc) is 2.29. The summed E-state index contributed by atoms with van der Waals surface area (Å²) in [5.74, 6) is 1.97. The third-order valence-corrected chi connectivity index (χ3v) is 11.2. The van der Waals surface area contributed by atoms with E-state index >= 15 is 0 Å². The Labute approximate surface area is 108 Å². The molecule has 1 nitrogen and oxygen atoms in total. The van der Waals surface area contributed by atoms with Crippen LogP contribution < -0.4 is 5.32 Å². The molecule has 0 saturated carbocycles. The standard InChI is InChI=1S/C15H31NP/c1-12(14-6-8-16-9-7-14)10-17(5)11-15(3,4)13(17)2/h12-14,16H,6-11H2,1-5H3/q+1. The number of rotatable bonds is 3. The maximum Gasteiger partial charge on any atom is 0.0752 e. The Balaban J connectivity index is 1.88. The van der Waals surface area contributed by atoms with Crippen molar-refractivity contribution < 1.29 is 0 Å². The lowest BCUT2D eigenvalue weighted by molar-refractivity contribution is 0.288. The Morgan fingerprint density at radius 1 is 1.29 bits per heavy atom. The van der Waals surface area contributed by atoms with Gasteiger partial charge >= 0.3 is 0 Å². The van der Waals surface area contributed by atoms with Crippen LogP contribution in [0, 0.1) is 17.3 Å². The normalized spacial score (nSPS) is 39.7. The van der Waals surface area contributed by atoms with E-state index < -0.39 is 7.26 Å². The Morgan fingerprint density at radius 2 is 1.88 bits per heavy atom. The lowest BCUT2D eigenvalue weighted by Gasteiger charge is -2.52. The van der Waals surface area contributed by atoms with Gasteiger partial charge in [-0.3, -0.25) is 0 Å². The third-order valence-electron chi connectivity index (χ3n) is 5.73. The highest BCUT2D eigenvalue weighted by Crippen LogP contribution is 2.76. The maximum atomic E-state index is 3.49. The van der Waals surface area contributed by atoms with Crippen molar-refractivity contribution in [2.45, 2.75) is 46.2 Å². The van der Waals surface area contributed by atoms with E-state index in [9.17, 15) is 0 Å². The van der Waals surface area contributed by atoms with E-state index in [1.165, 1.54) is 32.1 Å². The summed E-state index contributed by atoms with van der Waals surface area (Å²) in [6, 6.07) is 0. The van der Waals surface area contributed by atoms with Crippen molar-refractivity contribution in [3.63, 3.8) is 0 Å². The molecule has 2 aliphatic heterocycles. The van der Waals surface area contributed by atoms with E-state index in [0.717, 1.165) is 17.5 Å². The van der Waals surface area contributed by atoms with E-state index in [4.69, 9.17) is 0 Å². The van der Waals surface area contributed by atoms with Crippen LogP contribution in [0.4, 0.5) is 0 Å². The van der Waals surface area contributed by atoms with Gasteiger partial charge in [0.2, 0.25) is 0 Å². The minimum absolute atomic E-state index is 0.599. The highest BCUT2D eigenvalue weighted by atomic mass is 31.2. The van der Waals surface area contributed by atoms with Crippen LogP contribution in [0.25, 0.3) is 0 Å². The second-order valence-electron chi connectivity index (χ2n) is 7.55. The fourth-order valence-corrected chi connectivity index (χ4v) is 10.3. The van der Waals surface area contributed by atoms with Gasteiger partial charge in [-0.25, -0.2) is 0 Å². The molecule has 0 bridgehead atoms. The number of hydrogen-bond donors (Lipinski definition) is 1. The van der Waals surface area contributed by atoms with E-state index in [-0.39, 0.29) is 0 Å². The van der Waals surface area contributed by atoms with Gasteiger partial charge in [0.05, 0.1) is 18.0 Å². The van der Waals surface area contributed by atoms with Crippen molar-refractivity contribution in [2.24, 2.45) is 17.3 Å². The monoisotopic (exact) mass is 256 g/mol. The SMILES string of the molecule is CC(C[P+]1(C)CC(C)(C)C1C)C1CCNCC1. The largest absolute Gasteiger partial charge is 0.317 e. The van der Waals surface area contributed by atoms with Crippen LogP contribution in [0.15, 0.2) is 0 Å². The second-order valence-corrected chi connectivity index (χ2v) is 12.0. The van der Waals surface area contributed by atoms with E-state index in [1.54, 1.807) is 6.16 Å². The predicted octanol–water partition coefficient (Wildman–Crippen LogP) is 3.70. The summed E-state index contributed by atoms with van der Waals surface area (Å²) in [6.45, 7) is 15.1. The molecule has 2 heteroatoms. The molecule has 17 heavy (non-hydrogen) atoms. The summed E-state index contributed by atoms with van der Waals surface area (Å²) >= 11 is 0. The van der Waals surface area contributed by atoms with Crippen molar-refractivity contribution in [3.8, 4) is 0 Å². The molecule has 0 radical (unpaired) electrons. The van der Waals surface area contributed by atoms with Crippen LogP contribution >= 0.6 is 7.26 Å². The smallest absolute Gasteiger partial charge is 0.0752 e. The van der Waals surface area contributed by atoms with Gasteiger partial charge in [-0.2, -0.15) is 0 Å². The van der Waals surface area contributed by atoms with E-state index in [0.29, 0.717) is 5.41 Å². The van der Waals surface area contributed by atoms with Crippen molar-refractivity contribution in [1.82, 2.24) is 5.32 Å². The van der Waals surface area contributed by atoms with Gasteiger partial charge in [-0.05, 0) is 44.7 Å². The molecule has 3 unspecified atom stereocenters. The first-order valence-corrected chi connectivity index (χ1v) is 10.1. The van der Waals surface area contributed by atoms with Crippen molar-refractivity contribution in [2.75, 3.05) is 32.1 Å². The highest BCUT2D eigenvalue weighted by Gasteiger charge is 2.60. The van der Waals surface area contributed by atoms with Crippen LogP contribution in [0.5, 0.6) is 0 Å².